The van der Waals surface area contributed by atoms with Crippen molar-refractivity contribution in [1.82, 2.24) is 20.7 Å². The van der Waals surface area contributed by atoms with Gasteiger partial charge in [-0.05, 0) is 44.9 Å². The second-order valence-corrected chi connectivity index (χ2v) is 7.26. The van der Waals surface area contributed by atoms with Crippen LogP contribution in [0.15, 0.2) is 35.7 Å². The zero-order valence-electron chi connectivity index (χ0n) is 18.0. The highest BCUT2D eigenvalue weighted by Crippen LogP contribution is 2.32. The lowest BCUT2D eigenvalue weighted by Gasteiger charge is -2.23. The summed E-state index contributed by atoms with van der Waals surface area (Å²) >= 11 is 0. The minimum absolute atomic E-state index is 0.180. The second-order valence-electron chi connectivity index (χ2n) is 7.26. The molecule has 1 aromatic carbocycles. The van der Waals surface area contributed by atoms with Crippen LogP contribution in [0.3, 0.4) is 0 Å². The Labute approximate surface area is 178 Å². The maximum atomic E-state index is 13.4. The molecule has 1 aromatic heterocycles. The minimum Gasteiger partial charge on any atom is -0.373 e. The number of carbonyl (C=O) groups excluding carboxylic acids is 1. The predicted molar refractivity (Wildman–Crippen MR) is 112 cm³/mol. The van der Waals surface area contributed by atoms with E-state index >= 15 is 0 Å². The van der Waals surface area contributed by atoms with Crippen molar-refractivity contribution in [2.45, 2.75) is 46.3 Å². The minimum atomic E-state index is -4.64. The van der Waals surface area contributed by atoms with Crippen LogP contribution in [-0.4, -0.2) is 29.0 Å². The number of halogens is 3. The van der Waals surface area contributed by atoms with Crippen molar-refractivity contribution in [2.24, 2.45) is 0 Å². The van der Waals surface area contributed by atoms with Crippen molar-refractivity contribution in [3.8, 4) is 0 Å². The number of nitrogens with one attached hydrogen (secondary N) is 3. The van der Waals surface area contributed by atoms with Gasteiger partial charge in [-0.15, -0.1) is 0 Å². The van der Waals surface area contributed by atoms with Crippen LogP contribution < -0.4 is 21.1 Å². The number of nitrogens with zero attached hydrogens (tertiary/aromatic N) is 3. The number of amides is 1. The van der Waals surface area contributed by atoms with Gasteiger partial charge in [0.1, 0.15) is 11.6 Å². The molecular weight excluding hydrogens is 409 g/mol. The number of aromatic nitrogens is 2. The molecular formula is C21H25F3N6O. The van der Waals surface area contributed by atoms with Gasteiger partial charge in [0.05, 0.1) is 11.1 Å². The molecule has 3 N–H and O–H groups in total. The molecule has 0 fully saturated rings. The van der Waals surface area contributed by atoms with Gasteiger partial charge in [0.2, 0.25) is 5.95 Å². The first-order chi connectivity index (χ1) is 14.6. The number of hydrogen-bond acceptors (Lipinski definition) is 6. The summed E-state index contributed by atoms with van der Waals surface area (Å²) in [5, 5.41) is 7.17. The van der Waals surface area contributed by atoms with Gasteiger partial charge >= 0.3 is 6.18 Å². The van der Waals surface area contributed by atoms with Crippen molar-refractivity contribution in [3.63, 3.8) is 0 Å². The average molecular weight is 434 g/mol. The summed E-state index contributed by atoms with van der Waals surface area (Å²) in [6.45, 7) is 7.52. The summed E-state index contributed by atoms with van der Waals surface area (Å²) < 4.78 is 40.1. The zero-order valence-corrected chi connectivity index (χ0v) is 18.0. The maximum absolute atomic E-state index is 13.4. The Hall–Kier alpha value is -3.14. The zero-order chi connectivity index (χ0) is 22.9. The van der Waals surface area contributed by atoms with Crippen molar-refractivity contribution >= 4 is 17.7 Å². The second kappa shape index (κ2) is 8.54. The van der Waals surface area contributed by atoms with E-state index in [9.17, 15) is 18.0 Å². The normalized spacial score (nSPS) is 16.6. The largest absolute Gasteiger partial charge is 0.417 e. The van der Waals surface area contributed by atoms with E-state index in [4.69, 9.17) is 0 Å². The number of carbonyl (C=O) groups is 1. The Morgan fingerprint density at radius 3 is 2.52 bits per heavy atom. The van der Waals surface area contributed by atoms with Crippen LogP contribution in [-0.2, 0) is 12.6 Å². The van der Waals surface area contributed by atoms with Gasteiger partial charge in [-0.25, -0.2) is 15.4 Å². The van der Waals surface area contributed by atoms with Crippen LogP contribution in [0.1, 0.15) is 48.0 Å². The van der Waals surface area contributed by atoms with Gasteiger partial charge in [0.15, 0.2) is 0 Å². The highest BCUT2D eigenvalue weighted by Gasteiger charge is 2.36. The smallest absolute Gasteiger partial charge is 0.373 e. The number of aryl methyl sites for hydroxylation is 1. The lowest BCUT2D eigenvalue weighted by atomic mass is 10.1. The molecule has 10 heteroatoms. The van der Waals surface area contributed by atoms with Crippen molar-refractivity contribution in [2.75, 3.05) is 17.4 Å². The molecule has 1 amide bonds. The van der Waals surface area contributed by atoms with Crippen LogP contribution in [0.4, 0.5) is 24.9 Å². The summed E-state index contributed by atoms with van der Waals surface area (Å²) in [5.41, 5.74) is 4.18. The van der Waals surface area contributed by atoms with Gasteiger partial charge in [-0.3, -0.25) is 4.79 Å². The Morgan fingerprint density at radius 1 is 1.23 bits per heavy atom. The van der Waals surface area contributed by atoms with E-state index in [-0.39, 0.29) is 12.0 Å². The summed E-state index contributed by atoms with van der Waals surface area (Å²) in [6.07, 6.45) is -3.91. The predicted octanol–water partition coefficient (Wildman–Crippen LogP) is 3.78. The van der Waals surface area contributed by atoms with Crippen molar-refractivity contribution in [1.29, 1.82) is 0 Å². The van der Waals surface area contributed by atoms with E-state index in [0.29, 0.717) is 11.6 Å². The Morgan fingerprint density at radius 2 is 1.90 bits per heavy atom. The lowest BCUT2D eigenvalue weighted by Crippen LogP contribution is -2.42. The topological polar surface area (TPSA) is 82.2 Å². The van der Waals surface area contributed by atoms with Gasteiger partial charge in [0.25, 0.3) is 5.91 Å². The Bertz CT molecular complexity index is 1030. The SMILES string of the molecule is CCc1c(C)nc(N2NC(C)C(C)=C2NC(=O)c2ccccc2C(F)(F)F)nc1NC. The molecule has 1 atom stereocenters. The van der Waals surface area contributed by atoms with Crippen LogP contribution in [0.5, 0.6) is 0 Å². The van der Waals surface area contributed by atoms with Gasteiger partial charge in [-0.2, -0.15) is 18.2 Å². The first-order valence-electron chi connectivity index (χ1n) is 9.88. The molecule has 1 aliphatic heterocycles. The first-order valence-corrected chi connectivity index (χ1v) is 9.88. The van der Waals surface area contributed by atoms with Crippen LogP contribution in [0.2, 0.25) is 0 Å². The highest BCUT2D eigenvalue weighted by atomic mass is 19.4. The quantitative estimate of drug-likeness (QED) is 0.665. The molecule has 166 valence electrons. The van der Waals surface area contributed by atoms with Crippen molar-refractivity contribution < 1.29 is 18.0 Å². The van der Waals surface area contributed by atoms with Crippen LogP contribution in [0, 0.1) is 6.92 Å². The summed E-state index contributed by atoms with van der Waals surface area (Å²) in [7, 11) is 1.75. The summed E-state index contributed by atoms with van der Waals surface area (Å²) in [6, 6.07) is 4.51. The number of hydrogen-bond donors (Lipinski definition) is 3. The lowest BCUT2D eigenvalue weighted by molar-refractivity contribution is -0.137. The molecule has 0 bridgehead atoms. The third-order valence-electron chi connectivity index (χ3n) is 5.27. The molecule has 1 aliphatic rings. The van der Waals surface area contributed by atoms with E-state index in [1.807, 2.05) is 20.8 Å². The number of rotatable bonds is 5. The number of hydrazine groups is 1. The van der Waals surface area contributed by atoms with Gasteiger partial charge in [-0.1, -0.05) is 19.1 Å². The fraction of sp³-hybridized carbons (Fsp3) is 0.381. The molecule has 0 saturated heterocycles. The summed E-state index contributed by atoms with van der Waals surface area (Å²) in [5.74, 6) is 0.373. The Kier molecular flexibility index (Phi) is 6.21. The third-order valence-corrected chi connectivity index (χ3v) is 5.27. The van der Waals surface area contributed by atoms with Gasteiger partial charge in [0, 0.05) is 24.3 Å². The number of anilines is 2. The molecule has 2 heterocycles. The first kappa shape index (κ1) is 22.5. The van der Waals surface area contributed by atoms with E-state index in [1.54, 1.807) is 14.0 Å². The van der Waals surface area contributed by atoms with E-state index < -0.39 is 23.2 Å². The van der Waals surface area contributed by atoms with Crippen molar-refractivity contribution in [3.05, 3.63) is 58.0 Å². The highest BCUT2D eigenvalue weighted by molar-refractivity contribution is 5.97. The maximum Gasteiger partial charge on any atom is 0.417 e. The van der Waals surface area contributed by atoms with E-state index in [0.717, 1.165) is 35.4 Å². The number of alkyl halides is 3. The van der Waals surface area contributed by atoms with E-state index in [1.165, 1.54) is 17.1 Å². The molecule has 1 unspecified atom stereocenters. The van der Waals surface area contributed by atoms with E-state index in [2.05, 4.69) is 26.0 Å². The van der Waals surface area contributed by atoms with Crippen LogP contribution >= 0.6 is 0 Å². The standard InChI is InChI=1S/C21H25F3N6O/c1-6-14-13(4)26-20(27-17(14)25-5)30-18(11(2)12(3)29-30)28-19(31)15-9-7-8-10-16(15)21(22,23)24/h7-10,12,29H,6H2,1-5H3,(H,28,31)(H,25,26,27). The fourth-order valence-electron chi connectivity index (χ4n) is 3.46. The summed E-state index contributed by atoms with van der Waals surface area (Å²) in [4.78, 5) is 21.9. The van der Waals surface area contributed by atoms with Crippen LogP contribution in [0.25, 0.3) is 0 Å². The molecule has 2 aromatic rings. The molecule has 31 heavy (non-hydrogen) atoms. The molecule has 0 radical (unpaired) electrons. The molecule has 7 nitrogen and oxygen atoms in total. The molecule has 0 saturated carbocycles. The molecule has 0 aliphatic carbocycles. The monoisotopic (exact) mass is 434 g/mol. The molecule has 3 rings (SSSR count). The third kappa shape index (κ3) is 4.34. The Balaban J connectivity index is 1.99. The number of benzene rings is 1. The fourth-order valence-corrected chi connectivity index (χ4v) is 3.46. The van der Waals surface area contributed by atoms with Gasteiger partial charge < -0.3 is 10.6 Å². The average Bonchev–Trinajstić information content (AvgIpc) is 3.00. The molecule has 0 spiro atoms.